The molecule has 2 aliphatic rings. The fourth-order valence-electron chi connectivity index (χ4n) is 2.10. The molecule has 0 radical (unpaired) electrons. The van der Waals surface area contributed by atoms with E-state index in [-0.39, 0.29) is 18.7 Å². The number of amidine groups is 1. The van der Waals surface area contributed by atoms with E-state index in [1.165, 1.54) is 4.90 Å². The Bertz CT molecular complexity index is 573. The van der Waals surface area contributed by atoms with Crippen LogP contribution in [0.1, 0.15) is 11.6 Å². The smallest absolute Gasteiger partial charge is 0.345 e. The maximum atomic E-state index is 11.5. The summed E-state index contributed by atoms with van der Waals surface area (Å²) >= 11 is 6.10. The monoisotopic (exact) mass is 267 g/mol. The van der Waals surface area contributed by atoms with E-state index in [1.807, 2.05) is 0 Å². The first-order valence-electron chi connectivity index (χ1n) is 5.28. The van der Waals surface area contributed by atoms with Gasteiger partial charge >= 0.3 is 6.03 Å². The minimum Gasteiger partial charge on any atom is -0.454 e. The van der Waals surface area contributed by atoms with E-state index < -0.39 is 6.04 Å². The Morgan fingerprint density at radius 1 is 1.50 bits per heavy atom. The van der Waals surface area contributed by atoms with Crippen LogP contribution in [-0.4, -0.2) is 30.6 Å². The van der Waals surface area contributed by atoms with Gasteiger partial charge in [-0.2, -0.15) is 4.99 Å². The van der Waals surface area contributed by atoms with Crippen molar-refractivity contribution in [1.29, 1.82) is 0 Å². The fraction of sp³-hybridized carbons (Fsp3) is 0.273. The summed E-state index contributed by atoms with van der Waals surface area (Å²) in [6.45, 7) is 0.140. The van der Waals surface area contributed by atoms with Crippen LogP contribution in [0.15, 0.2) is 17.1 Å². The summed E-state index contributed by atoms with van der Waals surface area (Å²) in [5.74, 6) is 1.32. The Morgan fingerprint density at radius 2 is 2.28 bits per heavy atom. The number of rotatable bonds is 1. The molecule has 0 saturated carbocycles. The van der Waals surface area contributed by atoms with Gasteiger partial charge in [-0.3, -0.25) is 0 Å². The van der Waals surface area contributed by atoms with Crippen molar-refractivity contribution in [2.45, 2.75) is 6.04 Å². The Hall–Kier alpha value is -1.95. The molecule has 1 aromatic carbocycles. The van der Waals surface area contributed by atoms with E-state index in [9.17, 15) is 4.79 Å². The van der Waals surface area contributed by atoms with Crippen molar-refractivity contribution < 1.29 is 14.3 Å². The molecule has 0 spiro atoms. The number of hydrogen-bond donors (Lipinski definition) is 1. The van der Waals surface area contributed by atoms with Gasteiger partial charge in [0.1, 0.15) is 11.9 Å². The molecular formula is C11H10ClN3O3. The molecule has 2 amide bonds. The number of halogens is 1. The Labute approximate surface area is 108 Å². The molecular weight excluding hydrogens is 258 g/mol. The van der Waals surface area contributed by atoms with Gasteiger partial charge in [0, 0.05) is 7.05 Å². The number of fused-ring (bicyclic) bond motifs is 1. The molecule has 2 N–H and O–H groups in total. The predicted octanol–water partition coefficient (Wildman–Crippen LogP) is 1.53. The summed E-state index contributed by atoms with van der Waals surface area (Å²) in [6, 6.07) is 2.68. The van der Waals surface area contributed by atoms with Crippen LogP contribution in [0.3, 0.4) is 0 Å². The second-order valence-corrected chi connectivity index (χ2v) is 4.48. The maximum Gasteiger partial charge on any atom is 0.345 e. The van der Waals surface area contributed by atoms with E-state index in [2.05, 4.69) is 4.99 Å². The van der Waals surface area contributed by atoms with Gasteiger partial charge in [0.2, 0.25) is 6.79 Å². The van der Waals surface area contributed by atoms with E-state index >= 15 is 0 Å². The second-order valence-electron chi connectivity index (χ2n) is 4.07. The molecule has 3 rings (SSSR count). The van der Waals surface area contributed by atoms with Crippen molar-refractivity contribution in [3.05, 3.63) is 22.7 Å². The zero-order chi connectivity index (χ0) is 12.9. The van der Waals surface area contributed by atoms with Crippen molar-refractivity contribution in [2.24, 2.45) is 10.7 Å². The van der Waals surface area contributed by atoms with Gasteiger partial charge < -0.3 is 20.1 Å². The van der Waals surface area contributed by atoms with Crippen molar-refractivity contribution in [3.63, 3.8) is 0 Å². The molecule has 94 valence electrons. The molecule has 0 bridgehead atoms. The lowest BCUT2D eigenvalue weighted by Crippen LogP contribution is -2.30. The molecule has 18 heavy (non-hydrogen) atoms. The lowest BCUT2D eigenvalue weighted by Gasteiger charge is -2.20. The van der Waals surface area contributed by atoms with E-state index in [0.29, 0.717) is 16.5 Å². The number of amides is 2. The molecule has 0 fully saturated rings. The number of urea groups is 1. The summed E-state index contributed by atoms with van der Waals surface area (Å²) in [4.78, 5) is 16.6. The third-order valence-corrected chi connectivity index (χ3v) is 3.24. The molecule has 0 aliphatic carbocycles. The summed E-state index contributed by atoms with van der Waals surface area (Å²) in [5.41, 5.74) is 6.51. The first kappa shape index (κ1) is 11.2. The van der Waals surface area contributed by atoms with Gasteiger partial charge in [-0.25, -0.2) is 4.79 Å². The molecule has 2 heterocycles. The number of aliphatic imine (C=N–C) groups is 1. The minimum absolute atomic E-state index is 0.140. The first-order valence-corrected chi connectivity index (χ1v) is 5.65. The van der Waals surface area contributed by atoms with Crippen LogP contribution >= 0.6 is 11.6 Å². The molecule has 7 heteroatoms. The Kier molecular flexibility index (Phi) is 2.34. The van der Waals surface area contributed by atoms with Crippen LogP contribution in [0.4, 0.5) is 4.79 Å². The SMILES string of the molecule is CN1C(=O)N=C(N)C1c1cc(Cl)c2c(c1)OCO2. The summed E-state index contributed by atoms with van der Waals surface area (Å²) < 4.78 is 10.5. The number of benzene rings is 1. The Morgan fingerprint density at radius 3 is 2.94 bits per heavy atom. The number of ether oxygens (including phenoxy) is 2. The highest BCUT2D eigenvalue weighted by Crippen LogP contribution is 2.42. The molecule has 1 unspecified atom stereocenters. The number of carbonyl (C=O) groups excluding carboxylic acids is 1. The molecule has 0 saturated heterocycles. The Balaban J connectivity index is 2.06. The zero-order valence-electron chi connectivity index (χ0n) is 9.51. The van der Waals surface area contributed by atoms with Gasteiger partial charge in [-0.05, 0) is 17.7 Å². The molecule has 2 aliphatic heterocycles. The van der Waals surface area contributed by atoms with E-state index in [0.717, 1.165) is 5.56 Å². The van der Waals surface area contributed by atoms with E-state index in [4.69, 9.17) is 26.8 Å². The lowest BCUT2D eigenvalue weighted by atomic mass is 10.1. The van der Waals surface area contributed by atoms with Gasteiger partial charge in [0.05, 0.1) is 5.02 Å². The average molecular weight is 268 g/mol. The normalized spacial score (nSPS) is 21.4. The number of nitrogens with zero attached hydrogens (tertiary/aromatic N) is 2. The topological polar surface area (TPSA) is 77.2 Å². The second kappa shape index (κ2) is 3.78. The maximum absolute atomic E-state index is 11.5. The fourth-order valence-corrected chi connectivity index (χ4v) is 2.37. The van der Waals surface area contributed by atoms with Crippen molar-refractivity contribution in [2.75, 3.05) is 13.8 Å². The van der Waals surface area contributed by atoms with Crippen LogP contribution in [0.25, 0.3) is 0 Å². The number of hydrogen-bond acceptors (Lipinski definition) is 4. The van der Waals surface area contributed by atoms with Crippen molar-refractivity contribution >= 4 is 23.5 Å². The van der Waals surface area contributed by atoms with Crippen LogP contribution in [0, 0.1) is 0 Å². The zero-order valence-corrected chi connectivity index (χ0v) is 10.3. The highest BCUT2D eigenvalue weighted by Gasteiger charge is 2.33. The number of carbonyl (C=O) groups is 1. The van der Waals surface area contributed by atoms with Gasteiger partial charge in [-0.15, -0.1) is 0 Å². The van der Waals surface area contributed by atoms with E-state index in [1.54, 1.807) is 19.2 Å². The molecule has 1 aromatic rings. The molecule has 1 atom stereocenters. The van der Waals surface area contributed by atoms with Crippen LogP contribution in [0.2, 0.25) is 5.02 Å². The highest BCUT2D eigenvalue weighted by atomic mass is 35.5. The van der Waals surface area contributed by atoms with Crippen LogP contribution in [0.5, 0.6) is 11.5 Å². The third-order valence-electron chi connectivity index (χ3n) is 2.96. The van der Waals surface area contributed by atoms with Gasteiger partial charge in [0.25, 0.3) is 0 Å². The first-order chi connectivity index (χ1) is 8.58. The lowest BCUT2D eigenvalue weighted by molar-refractivity contribution is 0.174. The van der Waals surface area contributed by atoms with Crippen molar-refractivity contribution in [1.82, 2.24) is 4.90 Å². The minimum atomic E-state index is -0.413. The number of nitrogens with two attached hydrogens (primary N) is 1. The standard InChI is InChI=1S/C11H10ClN3O3/c1-15-8(10(13)14-11(15)16)5-2-6(12)9-7(3-5)17-4-18-9/h2-3,8H,4H2,1H3,(H2,13,14,16). The average Bonchev–Trinajstić information content (AvgIpc) is 2.85. The molecule has 6 nitrogen and oxygen atoms in total. The highest BCUT2D eigenvalue weighted by molar-refractivity contribution is 6.32. The van der Waals surface area contributed by atoms with Crippen LogP contribution < -0.4 is 15.2 Å². The molecule has 0 aromatic heterocycles. The largest absolute Gasteiger partial charge is 0.454 e. The van der Waals surface area contributed by atoms with Crippen molar-refractivity contribution in [3.8, 4) is 11.5 Å². The van der Waals surface area contributed by atoms with Gasteiger partial charge in [-0.1, -0.05) is 11.6 Å². The third kappa shape index (κ3) is 1.49. The quantitative estimate of drug-likeness (QED) is 0.837. The predicted molar refractivity (Wildman–Crippen MR) is 65.1 cm³/mol. The number of likely N-dealkylation sites (N-methyl/N-ethyl adjacent to an activating group) is 1. The van der Waals surface area contributed by atoms with Crippen LogP contribution in [-0.2, 0) is 0 Å². The summed E-state index contributed by atoms with van der Waals surface area (Å²) in [6.07, 6.45) is 0. The summed E-state index contributed by atoms with van der Waals surface area (Å²) in [5, 5.41) is 0.431. The summed E-state index contributed by atoms with van der Waals surface area (Å²) in [7, 11) is 1.63. The van der Waals surface area contributed by atoms with Gasteiger partial charge in [0.15, 0.2) is 11.5 Å².